The summed E-state index contributed by atoms with van der Waals surface area (Å²) >= 11 is 0. The molecule has 1 aromatic rings. The highest BCUT2D eigenvalue weighted by molar-refractivity contribution is 5.51. The molecule has 0 aliphatic rings. The van der Waals surface area contributed by atoms with E-state index < -0.39 is 0 Å². The van der Waals surface area contributed by atoms with Gasteiger partial charge in [-0.05, 0) is 44.5 Å². The van der Waals surface area contributed by atoms with Crippen LogP contribution in [0.1, 0.15) is 19.4 Å². The smallest absolute Gasteiger partial charge is 0.122 e. The van der Waals surface area contributed by atoms with Crippen LogP contribution < -0.4 is 9.64 Å². The first-order valence-electron chi connectivity index (χ1n) is 4.95. The molecule has 0 aliphatic carbocycles. The van der Waals surface area contributed by atoms with Crippen molar-refractivity contribution in [1.29, 1.82) is 0 Å². The van der Waals surface area contributed by atoms with Crippen LogP contribution in [0.25, 0.3) is 0 Å². The van der Waals surface area contributed by atoms with E-state index in [0.717, 1.165) is 5.75 Å². The highest BCUT2D eigenvalue weighted by Gasteiger charge is 2.03. The minimum absolute atomic E-state index is 0.235. The molecule has 0 unspecified atom stereocenters. The summed E-state index contributed by atoms with van der Waals surface area (Å²) in [7, 11) is 4.08. The second kappa shape index (κ2) is 4.36. The molecule has 0 aliphatic heterocycles. The molecule has 14 heavy (non-hydrogen) atoms. The summed E-state index contributed by atoms with van der Waals surface area (Å²) in [5, 5.41) is 0. The van der Waals surface area contributed by atoms with Crippen molar-refractivity contribution in [1.82, 2.24) is 0 Å². The van der Waals surface area contributed by atoms with Gasteiger partial charge in [0.2, 0.25) is 0 Å². The lowest BCUT2D eigenvalue weighted by Gasteiger charge is -2.16. The molecule has 0 saturated carbocycles. The molecule has 0 heterocycles. The summed E-state index contributed by atoms with van der Waals surface area (Å²) in [5.74, 6) is 0.977. The number of hydrogen-bond acceptors (Lipinski definition) is 2. The Bertz CT molecular complexity index is 305. The molecule has 1 aromatic carbocycles. The van der Waals surface area contributed by atoms with Crippen LogP contribution in [0.5, 0.6) is 5.75 Å². The van der Waals surface area contributed by atoms with Gasteiger partial charge in [-0.3, -0.25) is 0 Å². The molecule has 0 radical (unpaired) electrons. The van der Waals surface area contributed by atoms with Crippen molar-refractivity contribution < 1.29 is 4.74 Å². The maximum Gasteiger partial charge on any atom is 0.122 e. The number of benzene rings is 1. The van der Waals surface area contributed by atoms with E-state index in [-0.39, 0.29) is 6.10 Å². The van der Waals surface area contributed by atoms with Gasteiger partial charge in [-0.1, -0.05) is 0 Å². The van der Waals surface area contributed by atoms with E-state index >= 15 is 0 Å². The van der Waals surface area contributed by atoms with Gasteiger partial charge in [0.15, 0.2) is 0 Å². The zero-order valence-corrected chi connectivity index (χ0v) is 9.66. The molecule has 1 rings (SSSR count). The van der Waals surface area contributed by atoms with E-state index in [4.69, 9.17) is 4.74 Å². The monoisotopic (exact) mass is 193 g/mol. The van der Waals surface area contributed by atoms with Crippen molar-refractivity contribution >= 4 is 5.69 Å². The average molecular weight is 193 g/mol. The molecule has 0 bridgehead atoms. The van der Waals surface area contributed by atoms with E-state index in [1.165, 1.54) is 11.3 Å². The van der Waals surface area contributed by atoms with Gasteiger partial charge in [-0.2, -0.15) is 0 Å². The molecule has 0 aromatic heterocycles. The second-order valence-corrected chi connectivity index (χ2v) is 4.01. The molecule has 0 fully saturated rings. The molecule has 2 heteroatoms. The number of aryl methyl sites for hydroxylation is 1. The van der Waals surface area contributed by atoms with Crippen LogP contribution in [0.2, 0.25) is 0 Å². The minimum atomic E-state index is 0.235. The summed E-state index contributed by atoms with van der Waals surface area (Å²) in [6.45, 7) is 6.16. The predicted octanol–water partition coefficient (Wildman–Crippen LogP) is 2.85. The Kier molecular flexibility index (Phi) is 3.39. The fourth-order valence-corrected chi connectivity index (χ4v) is 1.30. The van der Waals surface area contributed by atoms with Gasteiger partial charge in [0.1, 0.15) is 5.75 Å². The van der Waals surface area contributed by atoms with Gasteiger partial charge in [0, 0.05) is 19.8 Å². The lowest BCUT2D eigenvalue weighted by molar-refractivity contribution is 0.241. The van der Waals surface area contributed by atoms with E-state index in [0.29, 0.717) is 0 Å². The van der Waals surface area contributed by atoms with E-state index in [1.54, 1.807) is 0 Å². The Morgan fingerprint density at radius 3 is 2.29 bits per heavy atom. The molecular weight excluding hydrogens is 174 g/mol. The molecule has 0 N–H and O–H groups in total. The summed E-state index contributed by atoms with van der Waals surface area (Å²) < 4.78 is 5.66. The fourth-order valence-electron chi connectivity index (χ4n) is 1.30. The van der Waals surface area contributed by atoms with E-state index in [9.17, 15) is 0 Å². The Labute approximate surface area is 86.5 Å². The first-order chi connectivity index (χ1) is 6.50. The number of rotatable bonds is 3. The minimum Gasteiger partial charge on any atom is -0.491 e. The second-order valence-electron chi connectivity index (χ2n) is 4.01. The number of hydrogen-bond donors (Lipinski definition) is 0. The summed E-state index contributed by atoms with van der Waals surface area (Å²) in [4.78, 5) is 2.09. The number of ether oxygens (including phenoxy) is 1. The standard InChI is InChI=1S/C12H19NO/c1-9(2)14-12-7-6-11(13(4)5)8-10(12)3/h6-9H,1-5H3. The molecule has 78 valence electrons. The first-order valence-corrected chi connectivity index (χ1v) is 4.95. The van der Waals surface area contributed by atoms with E-state index in [1.807, 2.05) is 34.0 Å². The Balaban J connectivity index is 2.90. The molecule has 0 spiro atoms. The van der Waals surface area contributed by atoms with Crippen molar-refractivity contribution in [3.63, 3.8) is 0 Å². The predicted molar refractivity (Wildman–Crippen MR) is 61.3 cm³/mol. The van der Waals surface area contributed by atoms with Gasteiger partial charge in [0.25, 0.3) is 0 Å². The lowest BCUT2D eigenvalue weighted by atomic mass is 10.2. The Morgan fingerprint density at radius 1 is 1.21 bits per heavy atom. The first kappa shape index (κ1) is 10.9. The van der Waals surface area contributed by atoms with Crippen LogP contribution in [-0.4, -0.2) is 20.2 Å². The summed E-state index contributed by atoms with van der Waals surface area (Å²) in [6, 6.07) is 6.24. The van der Waals surface area contributed by atoms with Crippen LogP contribution in [0.3, 0.4) is 0 Å². The Morgan fingerprint density at radius 2 is 1.86 bits per heavy atom. The van der Waals surface area contributed by atoms with Crippen molar-refractivity contribution in [2.45, 2.75) is 26.9 Å². The summed E-state index contributed by atoms with van der Waals surface area (Å²) in [6.07, 6.45) is 0.235. The van der Waals surface area contributed by atoms with Gasteiger partial charge in [0.05, 0.1) is 6.10 Å². The largest absolute Gasteiger partial charge is 0.491 e. The van der Waals surface area contributed by atoms with Crippen molar-refractivity contribution in [2.75, 3.05) is 19.0 Å². The number of nitrogens with zero attached hydrogens (tertiary/aromatic N) is 1. The molecule has 0 atom stereocenters. The third kappa shape index (κ3) is 2.66. The van der Waals surface area contributed by atoms with Gasteiger partial charge in [-0.15, -0.1) is 0 Å². The molecule has 0 saturated heterocycles. The lowest BCUT2D eigenvalue weighted by Crippen LogP contribution is -2.10. The van der Waals surface area contributed by atoms with Gasteiger partial charge >= 0.3 is 0 Å². The van der Waals surface area contributed by atoms with Gasteiger partial charge < -0.3 is 9.64 Å². The topological polar surface area (TPSA) is 12.5 Å². The van der Waals surface area contributed by atoms with Crippen molar-refractivity contribution in [3.05, 3.63) is 23.8 Å². The maximum atomic E-state index is 5.66. The Hall–Kier alpha value is -1.18. The van der Waals surface area contributed by atoms with Crippen molar-refractivity contribution in [3.8, 4) is 5.75 Å². The fraction of sp³-hybridized carbons (Fsp3) is 0.500. The van der Waals surface area contributed by atoms with Crippen molar-refractivity contribution in [2.24, 2.45) is 0 Å². The molecule has 2 nitrogen and oxygen atoms in total. The van der Waals surface area contributed by atoms with Gasteiger partial charge in [-0.25, -0.2) is 0 Å². The average Bonchev–Trinajstić information content (AvgIpc) is 2.07. The zero-order valence-electron chi connectivity index (χ0n) is 9.66. The van der Waals surface area contributed by atoms with Crippen LogP contribution >= 0.6 is 0 Å². The maximum absolute atomic E-state index is 5.66. The third-order valence-electron chi connectivity index (χ3n) is 2.04. The highest BCUT2D eigenvalue weighted by atomic mass is 16.5. The van der Waals surface area contributed by atoms with Crippen LogP contribution in [0.15, 0.2) is 18.2 Å². The van der Waals surface area contributed by atoms with Crippen LogP contribution in [0, 0.1) is 6.92 Å². The van der Waals surface area contributed by atoms with Crippen LogP contribution in [0.4, 0.5) is 5.69 Å². The highest BCUT2D eigenvalue weighted by Crippen LogP contribution is 2.23. The summed E-state index contributed by atoms with van der Waals surface area (Å²) in [5.41, 5.74) is 2.39. The van der Waals surface area contributed by atoms with Crippen LogP contribution in [-0.2, 0) is 0 Å². The molecular formula is C12H19NO. The molecule has 0 amide bonds. The third-order valence-corrected chi connectivity index (χ3v) is 2.04. The van der Waals surface area contributed by atoms with E-state index in [2.05, 4.69) is 24.0 Å². The SMILES string of the molecule is Cc1cc(N(C)C)ccc1OC(C)C. The number of anilines is 1. The normalized spacial score (nSPS) is 10.4. The zero-order chi connectivity index (χ0) is 10.7. The quantitative estimate of drug-likeness (QED) is 0.732.